The van der Waals surface area contributed by atoms with Crippen LogP contribution in [0, 0.1) is 5.92 Å². The number of benzene rings is 2. The Morgan fingerprint density at radius 3 is 2.55 bits per heavy atom. The monoisotopic (exact) mass is 514 g/mol. The van der Waals surface area contributed by atoms with Crippen LogP contribution in [-0.4, -0.2) is 45.9 Å². The number of rotatable bonds is 8. The molecule has 0 radical (unpaired) electrons. The molecule has 1 N–H and O–H groups in total. The van der Waals surface area contributed by atoms with Crippen LogP contribution >= 0.6 is 23.2 Å². The Bertz CT molecular complexity index is 1110. The van der Waals surface area contributed by atoms with Gasteiger partial charge < -0.3 is 14.8 Å². The topological polar surface area (TPSA) is 84.9 Å². The predicted molar refractivity (Wildman–Crippen MR) is 129 cm³/mol. The van der Waals surface area contributed by atoms with E-state index in [-0.39, 0.29) is 24.2 Å². The van der Waals surface area contributed by atoms with Crippen molar-refractivity contribution in [2.45, 2.75) is 31.6 Å². The molecule has 0 aliphatic carbocycles. The summed E-state index contributed by atoms with van der Waals surface area (Å²) in [5.41, 5.74) is 1.34. The molecule has 0 bridgehead atoms. The van der Waals surface area contributed by atoms with Gasteiger partial charge in [-0.15, -0.1) is 0 Å². The SMILES string of the molecule is COc1ccc([C@@H](C)NC(=O)[C@H]2CCCN(S(=O)(=O)Cc3ccc(Cl)cc3Cl)C2)cc1OC. The fourth-order valence-electron chi connectivity index (χ4n) is 3.87. The van der Waals surface area contributed by atoms with E-state index in [2.05, 4.69) is 5.32 Å². The predicted octanol–water partition coefficient (Wildman–Crippen LogP) is 4.43. The lowest BCUT2D eigenvalue weighted by Gasteiger charge is -2.32. The molecule has 2 atom stereocenters. The third kappa shape index (κ3) is 6.32. The average molecular weight is 515 g/mol. The number of hydrogen-bond donors (Lipinski definition) is 1. The first-order chi connectivity index (χ1) is 15.6. The lowest BCUT2D eigenvalue weighted by atomic mass is 9.98. The molecule has 1 saturated heterocycles. The molecule has 0 unspecified atom stereocenters. The summed E-state index contributed by atoms with van der Waals surface area (Å²) >= 11 is 12.1. The first-order valence-corrected chi connectivity index (χ1v) is 12.9. The minimum Gasteiger partial charge on any atom is -0.493 e. The lowest BCUT2D eigenvalue weighted by molar-refractivity contribution is -0.126. The highest BCUT2D eigenvalue weighted by Gasteiger charge is 2.33. The van der Waals surface area contributed by atoms with Gasteiger partial charge in [-0.25, -0.2) is 12.7 Å². The Balaban J connectivity index is 1.66. The smallest absolute Gasteiger partial charge is 0.224 e. The van der Waals surface area contributed by atoms with Crippen LogP contribution < -0.4 is 14.8 Å². The fourth-order valence-corrected chi connectivity index (χ4v) is 6.07. The summed E-state index contributed by atoms with van der Waals surface area (Å²) < 4.78 is 38.0. The molecule has 1 heterocycles. The molecule has 10 heteroatoms. The molecule has 2 aromatic rings. The average Bonchev–Trinajstić information content (AvgIpc) is 2.80. The summed E-state index contributed by atoms with van der Waals surface area (Å²) in [6.07, 6.45) is 1.23. The molecule has 0 aromatic heterocycles. The number of ether oxygens (including phenoxy) is 2. The Hall–Kier alpha value is -2.00. The van der Waals surface area contributed by atoms with Crippen LogP contribution in [0.25, 0.3) is 0 Å². The number of carbonyl (C=O) groups is 1. The van der Waals surface area contributed by atoms with Gasteiger partial charge >= 0.3 is 0 Å². The Morgan fingerprint density at radius 2 is 1.88 bits per heavy atom. The van der Waals surface area contributed by atoms with E-state index in [1.165, 1.54) is 10.4 Å². The van der Waals surface area contributed by atoms with Crippen LogP contribution in [0.1, 0.15) is 36.9 Å². The third-order valence-electron chi connectivity index (χ3n) is 5.77. The van der Waals surface area contributed by atoms with Crippen LogP contribution in [0.4, 0.5) is 0 Å². The zero-order chi connectivity index (χ0) is 24.2. The van der Waals surface area contributed by atoms with E-state index >= 15 is 0 Å². The second kappa shape index (κ2) is 11.0. The highest BCUT2D eigenvalue weighted by molar-refractivity contribution is 7.88. The van der Waals surface area contributed by atoms with E-state index in [9.17, 15) is 13.2 Å². The van der Waals surface area contributed by atoms with Crippen molar-refractivity contribution in [1.29, 1.82) is 0 Å². The van der Waals surface area contributed by atoms with Gasteiger partial charge in [-0.2, -0.15) is 0 Å². The summed E-state index contributed by atoms with van der Waals surface area (Å²) in [6.45, 7) is 2.39. The van der Waals surface area contributed by atoms with Gasteiger partial charge in [0.1, 0.15) is 0 Å². The second-order valence-corrected chi connectivity index (χ2v) is 10.8. The Labute approximate surface area is 205 Å². The normalized spacial score (nSPS) is 17.9. The maximum absolute atomic E-state index is 13.0. The van der Waals surface area contributed by atoms with Gasteiger partial charge in [0.25, 0.3) is 0 Å². The van der Waals surface area contributed by atoms with E-state index in [1.54, 1.807) is 32.4 Å². The molecule has 3 rings (SSSR count). The van der Waals surface area contributed by atoms with Gasteiger partial charge in [0.15, 0.2) is 11.5 Å². The molecule has 0 saturated carbocycles. The molecule has 1 amide bonds. The maximum Gasteiger partial charge on any atom is 0.224 e. The molecule has 0 spiro atoms. The van der Waals surface area contributed by atoms with Gasteiger partial charge in [-0.05, 0) is 55.2 Å². The fraction of sp³-hybridized carbons (Fsp3) is 0.435. The van der Waals surface area contributed by atoms with E-state index in [0.717, 1.165) is 5.56 Å². The second-order valence-electron chi connectivity index (χ2n) is 8.03. The number of nitrogens with zero attached hydrogens (tertiary/aromatic N) is 1. The third-order valence-corrected chi connectivity index (χ3v) is 8.15. The molecule has 7 nitrogen and oxygen atoms in total. The highest BCUT2D eigenvalue weighted by atomic mass is 35.5. The molecular weight excluding hydrogens is 487 g/mol. The van der Waals surface area contributed by atoms with Crippen LogP contribution in [0.3, 0.4) is 0 Å². The van der Waals surface area contributed by atoms with Gasteiger partial charge in [-0.1, -0.05) is 35.3 Å². The number of halogens is 2. The summed E-state index contributed by atoms with van der Waals surface area (Å²) in [4.78, 5) is 13.0. The molecule has 1 aliphatic heterocycles. The standard InChI is InChI=1S/C23H28Cl2N2O5S/c1-15(16-7-9-21(31-2)22(11-16)32-3)26-23(28)17-5-4-10-27(13-17)33(29,30)14-18-6-8-19(24)12-20(18)25/h6-9,11-12,15,17H,4-5,10,13-14H2,1-3H3,(H,26,28)/t15-,17+/m1/s1. The van der Waals surface area contributed by atoms with Gasteiger partial charge in [-0.3, -0.25) is 4.79 Å². The minimum absolute atomic E-state index is 0.137. The van der Waals surface area contributed by atoms with Crippen LogP contribution in [0.15, 0.2) is 36.4 Å². The quantitative estimate of drug-likeness (QED) is 0.563. The van der Waals surface area contributed by atoms with E-state index in [0.29, 0.717) is 46.5 Å². The van der Waals surface area contributed by atoms with Crippen LogP contribution in [0.5, 0.6) is 11.5 Å². The number of nitrogens with one attached hydrogen (secondary N) is 1. The number of hydrogen-bond acceptors (Lipinski definition) is 5. The summed E-state index contributed by atoms with van der Waals surface area (Å²) in [5, 5.41) is 3.75. The molecule has 1 aliphatic rings. The van der Waals surface area contributed by atoms with Gasteiger partial charge in [0.05, 0.1) is 31.9 Å². The molecule has 1 fully saturated rings. The highest BCUT2D eigenvalue weighted by Crippen LogP contribution is 2.31. The molecule has 33 heavy (non-hydrogen) atoms. The zero-order valence-electron chi connectivity index (χ0n) is 18.8. The lowest BCUT2D eigenvalue weighted by Crippen LogP contribution is -2.46. The largest absolute Gasteiger partial charge is 0.493 e. The maximum atomic E-state index is 13.0. The van der Waals surface area contributed by atoms with E-state index < -0.39 is 15.9 Å². The number of sulfonamides is 1. The van der Waals surface area contributed by atoms with Crippen molar-refractivity contribution in [2.24, 2.45) is 5.92 Å². The number of amides is 1. The number of methoxy groups -OCH3 is 2. The molecule has 180 valence electrons. The minimum atomic E-state index is -3.64. The number of carbonyl (C=O) groups excluding carboxylic acids is 1. The van der Waals surface area contributed by atoms with Crippen molar-refractivity contribution in [3.05, 3.63) is 57.6 Å². The molecular formula is C23H28Cl2N2O5S. The number of piperidine rings is 1. The van der Waals surface area contributed by atoms with Crippen molar-refractivity contribution >= 4 is 39.1 Å². The first-order valence-electron chi connectivity index (χ1n) is 10.6. The van der Waals surface area contributed by atoms with Gasteiger partial charge in [0.2, 0.25) is 15.9 Å². The van der Waals surface area contributed by atoms with Crippen molar-refractivity contribution < 1.29 is 22.7 Å². The van der Waals surface area contributed by atoms with Crippen LogP contribution in [0.2, 0.25) is 10.0 Å². The molecule has 2 aromatic carbocycles. The van der Waals surface area contributed by atoms with E-state index in [4.69, 9.17) is 32.7 Å². The van der Waals surface area contributed by atoms with Gasteiger partial charge in [0, 0.05) is 23.1 Å². The summed E-state index contributed by atoms with van der Waals surface area (Å²) in [6, 6.07) is 9.93. The van der Waals surface area contributed by atoms with Crippen molar-refractivity contribution in [3.8, 4) is 11.5 Å². The van der Waals surface area contributed by atoms with E-state index in [1.807, 2.05) is 19.1 Å². The zero-order valence-corrected chi connectivity index (χ0v) is 21.1. The summed E-state index contributed by atoms with van der Waals surface area (Å²) in [7, 11) is -0.523. The Morgan fingerprint density at radius 1 is 1.15 bits per heavy atom. The first kappa shape index (κ1) is 25.6. The van der Waals surface area contributed by atoms with Crippen molar-refractivity contribution in [1.82, 2.24) is 9.62 Å². The Kier molecular flexibility index (Phi) is 8.50. The van der Waals surface area contributed by atoms with Crippen molar-refractivity contribution in [2.75, 3.05) is 27.3 Å². The van der Waals surface area contributed by atoms with Crippen molar-refractivity contribution in [3.63, 3.8) is 0 Å². The van der Waals surface area contributed by atoms with Crippen LogP contribution in [-0.2, 0) is 20.6 Å². The summed E-state index contributed by atoms with van der Waals surface area (Å²) in [5.74, 6) is 0.332.